The summed E-state index contributed by atoms with van der Waals surface area (Å²) in [5.41, 5.74) is 13.5. The summed E-state index contributed by atoms with van der Waals surface area (Å²) in [7, 11) is 0. The van der Waals surface area contributed by atoms with Gasteiger partial charge in [0.15, 0.2) is 0 Å². The highest BCUT2D eigenvalue weighted by atomic mass is 15.0. The van der Waals surface area contributed by atoms with Gasteiger partial charge in [-0.3, -0.25) is 4.98 Å². The highest BCUT2D eigenvalue weighted by Gasteiger charge is 2.19. The third kappa shape index (κ3) is 5.21. The maximum Gasteiger partial charge on any atom is 0.0571 e. The van der Waals surface area contributed by atoms with E-state index in [1.807, 2.05) is 12.4 Å². The molecule has 2 nitrogen and oxygen atoms in total. The SMILES string of the molecule is C1=CC(c2c3ccccc3c(-c3ccccc3)c3ccc(-c4ccc5cc(-c6ccc7c(c6)c6cnccc6n7-c6ccccc6)ccc5c4)cc23)=CCC1. The van der Waals surface area contributed by atoms with Crippen LogP contribution in [0.15, 0.2) is 194 Å². The van der Waals surface area contributed by atoms with E-state index in [2.05, 4.69) is 192 Å². The summed E-state index contributed by atoms with van der Waals surface area (Å²) in [4.78, 5) is 4.50. The van der Waals surface area contributed by atoms with Crippen molar-refractivity contribution in [1.29, 1.82) is 0 Å². The molecule has 55 heavy (non-hydrogen) atoms. The van der Waals surface area contributed by atoms with E-state index in [0.29, 0.717) is 0 Å². The monoisotopic (exact) mass is 700 g/mol. The molecule has 0 N–H and O–H groups in total. The van der Waals surface area contributed by atoms with Crippen molar-refractivity contribution >= 4 is 59.7 Å². The Hall–Kier alpha value is -7.03. The van der Waals surface area contributed by atoms with Gasteiger partial charge in [-0.25, -0.2) is 0 Å². The molecule has 8 aromatic carbocycles. The van der Waals surface area contributed by atoms with Crippen LogP contribution in [0.2, 0.25) is 0 Å². The van der Waals surface area contributed by atoms with Crippen molar-refractivity contribution < 1.29 is 0 Å². The molecule has 0 saturated heterocycles. The number of nitrogens with zero attached hydrogens (tertiary/aromatic N) is 2. The van der Waals surface area contributed by atoms with Crippen molar-refractivity contribution in [2.75, 3.05) is 0 Å². The zero-order valence-electron chi connectivity index (χ0n) is 30.3. The normalized spacial score (nSPS) is 13.0. The molecule has 1 aliphatic rings. The van der Waals surface area contributed by atoms with E-state index in [0.717, 1.165) is 29.4 Å². The lowest BCUT2D eigenvalue weighted by molar-refractivity contribution is 1.04. The van der Waals surface area contributed by atoms with Gasteiger partial charge in [-0.05, 0) is 138 Å². The van der Waals surface area contributed by atoms with Crippen LogP contribution in [-0.4, -0.2) is 9.55 Å². The summed E-state index contributed by atoms with van der Waals surface area (Å²) in [5.74, 6) is 0. The summed E-state index contributed by atoms with van der Waals surface area (Å²) >= 11 is 0. The molecule has 0 amide bonds. The Balaban J connectivity index is 1.03. The molecular weight excluding hydrogens is 665 g/mol. The summed E-state index contributed by atoms with van der Waals surface area (Å²) in [6.45, 7) is 0. The molecule has 0 spiro atoms. The van der Waals surface area contributed by atoms with Crippen LogP contribution in [0, 0.1) is 0 Å². The molecule has 0 radical (unpaired) electrons. The largest absolute Gasteiger partial charge is 0.309 e. The lowest BCUT2D eigenvalue weighted by atomic mass is 9.83. The first-order chi connectivity index (χ1) is 27.3. The summed E-state index contributed by atoms with van der Waals surface area (Å²) in [6.07, 6.45) is 13.1. The van der Waals surface area contributed by atoms with Crippen LogP contribution >= 0.6 is 0 Å². The first-order valence-corrected chi connectivity index (χ1v) is 19.2. The molecule has 2 heteroatoms. The van der Waals surface area contributed by atoms with Crippen LogP contribution in [-0.2, 0) is 0 Å². The number of hydrogen-bond acceptors (Lipinski definition) is 1. The molecule has 2 heterocycles. The van der Waals surface area contributed by atoms with Gasteiger partial charge in [0.1, 0.15) is 0 Å². The van der Waals surface area contributed by atoms with Crippen molar-refractivity contribution in [2.24, 2.45) is 0 Å². The molecule has 1 aliphatic carbocycles. The van der Waals surface area contributed by atoms with E-state index < -0.39 is 0 Å². The van der Waals surface area contributed by atoms with E-state index in [-0.39, 0.29) is 0 Å². The number of fused-ring (bicyclic) bond motifs is 6. The van der Waals surface area contributed by atoms with Gasteiger partial charge >= 0.3 is 0 Å². The van der Waals surface area contributed by atoms with Gasteiger partial charge in [-0.15, -0.1) is 0 Å². The van der Waals surface area contributed by atoms with Crippen LogP contribution in [0.1, 0.15) is 18.4 Å². The molecular formula is C53H36N2. The fourth-order valence-corrected chi connectivity index (χ4v) is 8.89. The molecule has 2 aromatic heterocycles. The Bertz CT molecular complexity index is 3180. The second-order valence-corrected chi connectivity index (χ2v) is 14.6. The number of allylic oxidation sites excluding steroid dienone is 4. The predicted molar refractivity (Wildman–Crippen MR) is 234 cm³/mol. The van der Waals surface area contributed by atoms with Gasteiger partial charge in [-0.1, -0.05) is 133 Å². The van der Waals surface area contributed by atoms with Crippen LogP contribution in [0.3, 0.4) is 0 Å². The minimum Gasteiger partial charge on any atom is -0.309 e. The fraction of sp³-hybridized carbons (Fsp3) is 0.0377. The number of benzene rings is 8. The van der Waals surface area contributed by atoms with Crippen LogP contribution in [0.25, 0.3) is 98.8 Å². The third-order valence-electron chi connectivity index (χ3n) is 11.5. The van der Waals surface area contributed by atoms with Crippen molar-refractivity contribution in [1.82, 2.24) is 9.55 Å². The maximum atomic E-state index is 4.50. The number of aromatic nitrogens is 2. The van der Waals surface area contributed by atoms with Crippen molar-refractivity contribution in [3.05, 3.63) is 200 Å². The van der Waals surface area contributed by atoms with Crippen LogP contribution in [0.5, 0.6) is 0 Å². The number of pyridine rings is 1. The number of hydrogen-bond donors (Lipinski definition) is 0. The first kappa shape index (κ1) is 31.5. The predicted octanol–water partition coefficient (Wildman–Crippen LogP) is 14.4. The molecule has 0 fully saturated rings. The maximum absolute atomic E-state index is 4.50. The second-order valence-electron chi connectivity index (χ2n) is 14.6. The molecule has 0 unspecified atom stereocenters. The molecule has 0 saturated carbocycles. The quantitative estimate of drug-likeness (QED) is 0.163. The zero-order valence-corrected chi connectivity index (χ0v) is 30.3. The minimum absolute atomic E-state index is 1.07. The van der Waals surface area contributed by atoms with Crippen LogP contribution in [0.4, 0.5) is 0 Å². The minimum atomic E-state index is 1.07. The lowest BCUT2D eigenvalue weighted by Gasteiger charge is -2.20. The van der Waals surface area contributed by atoms with E-state index in [9.17, 15) is 0 Å². The number of para-hydroxylation sites is 1. The average molecular weight is 701 g/mol. The molecule has 0 atom stereocenters. The summed E-state index contributed by atoms with van der Waals surface area (Å²) in [5, 5.41) is 10.00. The van der Waals surface area contributed by atoms with Gasteiger partial charge < -0.3 is 4.57 Å². The smallest absolute Gasteiger partial charge is 0.0571 e. The summed E-state index contributed by atoms with van der Waals surface area (Å²) < 4.78 is 2.33. The zero-order chi connectivity index (χ0) is 36.3. The highest BCUT2D eigenvalue weighted by Crippen LogP contribution is 2.44. The number of rotatable bonds is 5. The Morgan fingerprint density at radius 1 is 0.418 bits per heavy atom. The van der Waals surface area contributed by atoms with Gasteiger partial charge in [0.05, 0.1) is 11.0 Å². The molecule has 11 rings (SSSR count). The van der Waals surface area contributed by atoms with Gasteiger partial charge in [-0.2, -0.15) is 0 Å². The summed E-state index contributed by atoms with van der Waals surface area (Å²) in [6, 6.07) is 60.2. The van der Waals surface area contributed by atoms with Gasteiger partial charge in [0.2, 0.25) is 0 Å². The lowest BCUT2D eigenvalue weighted by Crippen LogP contribution is -1.95. The average Bonchev–Trinajstić information content (AvgIpc) is 3.59. The van der Waals surface area contributed by atoms with Crippen LogP contribution < -0.4 is 0 Å². The van der Waals surface area contributed by atoms with Gasteiger partial charge in [0, 0.05) is 28.9 Å². The van der Waals surface area contributed by atoms with Gasteiger partial charge in [0.25, 0.3) is 0 Å². The molecule has 10 aromatic rings. The molecule has 0 aliphatic heterocycles. The Morgan fingerprint density at radius 2 is 1.02 bits per heavy atom. The standard InChI is InChI=1S/C53H36N2/c1-4-12-35(13-5-1)52-44-18-10-11-19-45(44)53(36-14-6-2-7-15-36)48-33-41(24-26-46(48)52)39-22-20-38-31-40(23-21-37(38)30-39)42-25-27-50-47(32-42)49-34-54-29-28-51(49)55(50)43-16-8-3-9-17-43/h1,3-6,8-34H,2,7H2. The third-order valence-corrected chi connectivity index (χ3v) is 11.5. The van der Waals surface area contributed by atoms with E-state index >= 15 is 0 Å². The topological polar surface area (TPSA) is 17.8 Å². The Morgan fingerprint density at radius 3 is 1.75 bits per heavy atom. The van der Waals surface area contributed by atoms with Crippen molar-refractivity contribution in [3.63, 3.8) is 0 Å². The highest BCUT2D eigenvalue weighted by molar-refractivity contribution is 6.20. The van der Waals surface area contributed by atoms with Crippen molar-refractivity contribution in [3.8, 4) is 39.1 Å². The van der Waals surface area contributed by atoms with E-state index in [1.54, 1.807) is 0 Å². The molecule has 0 bridgehead atoms. The van der Waals surface area contributed by atoms with E-state index in [4.69, 9.17) is 0 Å². The molecule has 258 valence electrons. The Kier molecular flexibility index (Phi) is 7.34. The van der Waals surface area contributed by atoms with E-state index in [1.165, 1.54) is 87.7 Å². The fourth-order valence-electron chi connectivity index (χ4n) is 8.89. The second kappa shape index (κ2) is 12.8. The first-order valence-electron chi connectivity index (χ1n) is 19.2. The van der Waals surface area contributed by atoms with Crippen molar-refractivity contribution in [2.45, 2.75) is 12.8 Å². The Labute approximate surface area is 320 Å².